The largest absolute Gasteiger partial charge is 0.449 e. The fraction of sp³-hybridized carbons (Fsp3) is 0. The van der Waals surface area contributed by atoms with Crippen molar-refractivity contribution in [3.8, 4) is 16.9 Å². The number of hydrogen-bond acceptors (Lipinski definition) is 2. The quantitative estimate of drug-likeness (QED) is 0.727. The van der Waals surface area contributed by atoms with E-state index in [4.69, 9.17) is 21.8 Å². The van der Waals surface area contributed by atoms with Crippen LogP contribution < -0.4 is 15.3 Å². The molecule has 0 aromatic heterocycles. The van der Waals surface area contributed by atoms with Gasteiger partial charge >= 0.3 is 0 Å². The van der Waals surface area contributed by atoms with Crippen LogP contribution in [0.2, 0.25) is 0 Å². The summed E-state index contributed by atoms with van der Waals surface area (Å²) in [5.41, 5.74) is 8.29. The fourth-order valence-corrected chi connectivity index (χ4v) is 4.03. The van der Waals surface area contributed by atoms with Crippen molar-refractivity contribution in [3.05, 3.63) is 48.5 Å². The second-order valence-corrected chi connectivity index (χ2v) is 7.19. The number of benzene rings is 2. The molecule has 0 amide bonds. The predicted molar refractivity (Wildman–Crippen MR) is 70.6 cm³/mol. The van der Waals surface area contributed by atoms with Gasteiger partial charge in [-0.3, -0.25) is 5.50 Å². The Morgan fingerprint density at radius 2 is 1.56 bits per heavy atom. The number of nitrogens with two attached hydrogens (primary N) is 1. The second-order valence-electron chi connectivity index (χ2n) is 3.70. The molecule has 0 spiro atoms. The van der Waals surface area contributed by atoms with E-state index in [1.54, 1.807) is 0 Å². The zero-order chi connectivity index (χ0) is 11.2. The van der Waals surface area contributed by atoms with Gasteiger partial charge in [-0.1, -0.05) is 36.4 Å². The molecule has 80 valence electrons. The van der Waals surface area contributed by atoms with Gasteiger partial charge in [-0.05, 0) is 29.5 Å². The van der Waals surface area contributed by atoms with E-state index in [2.05, 4.69) is 0 Å². The van der Waals surface area contributed by atoms with E-state index in [9.17, 15) is 0 Å². The molecule has 1 heterocycles. The van der Waals surface area contributed by atoms with E-state index in [1.807, 2.05) is 48.5 Å². The summed E-state index contributed by atoms with van der Waals surface area (Å²) in [6, 6.07) is 15.8. The van der Waals surface area contributed by atoms with Gasteiger partial charge in [0.25, 0.3) is 0 Å². The zero-order valence-corrected chi connectivity index (χ0v) is 10.2. The SMILES string of the molecule is NP1(=S)Oc2ccccc2-c2ccccc21. The molecule has 3 rings (SSSR count). The molecule has 16 heavy (non-hydrogen) atoms. The van der Waals surface area contributed by atoms with Crippen molar-refractivity contribution in [2.75, 3.05) is 0 Å². The molecule has 1 atom stereocenters. The lowest BCUT2D eigenvalue weighted by Gasteiger charge is -2.28. The molecule has 0 radical (unpaired) electrons. The molecule has 0 saturated carbocycles. The Balaban J connectivity index is 2.38. The van der Waals surface area contributed by atoms with Crippen molar-refractivity contribution >= 4 is 23.5 Å². The Hall–Kier alpha value is -1.15. The summed E-state index contributed by atoms with van der Waals surface area (Å²) in [5, 5.41) is 0.962. The average molecular weight is 247 g/mol. The normalized spacial score (nSPS) is 21.8. The third-order valence-electron chi connectivity index (χ3n) is 2.65. The maximum atomic E-state index is 6.11. The maximum Gasteiger partial charge on any atom is 0.206 e. The van der Waals surface area contributed by atoms with Crippen LogP contribution in [0.25, 0.3) is 11.1 Å². The van der Waals surface area contributed by atoms with Crippen molar-refractivity contribution in [1.29, 1.82) is 0 Å². The summed E-state index contributed by atoms with van der Waals surface area (Å²) in [7, 11) is 0. The van der Waals surface area contributed by atoms with Crippen LogP contribution in [-0.2, 0) is 11.8 Å². The van der Waals surface area contributed by atoms with Gasteiger partial charge in [0, 0.05) is 10.9 Å². The summed E-state index contributed by atoms with van der Waals surface area (Å²) in [6.07, 6.45) is -2.38. The molecule has 2 nitrogen and oxygen atoms in total. The number of hydrogen-bond donors (Lipinski definition) is 1. The highest BCUT2D eigenvalue weighted by molar-refractivity contribution is 8.15. The van der Waals surface area contributed by atoms with Crippen LogP contribution in [0.1, 0.15) is 0 Å². The van der Waals surface area contributed by atoms with Crippen LogP contribution in [0.15, 0.2) is 48.5 Å². The smallest absolute Gasteiger partial charge is 0.206 e. The molecule has 0 saturated heterocycles. The summed E-state index contributed by atoms with van der Waals surface area (Å²) in [5.74, 6) is 0.798. The average Bonchev–Trinajstić information content (AvgIpc) is 2.29. The van der Waals surface area contributed by atoms with Gasteiger partial charge in [0.2, 0.25) is 6.42 Å². The second kappa shape index (κ2) is 3.42. The van der Waals surface area contributed by atoms with Crippen LogP contribution in [0.5, 0.6) is 5.75 Å². The molecular weight excluding hydrogens is 237 g/mol. The first-order chi connectivity index (χ1) is 7.68. The molecule has 0 fully saturated rings. The third kappa shape index (κ3) is 1.40. The summed E-state index contributed by atoms with van der Waals surface area (Å²) in [4.78, 5) is 0. The van der Waals surface area contributed by atoms with Gasteiger partial charge in [-0.25, -0.2) is 0 Å². The van der Waals surface area contributed by atoms with Crippen molar-refractivity contribution < 1.29 is 4.52 Å². The Bertz CT molecular complexity index is 611. The molecule has 1 aliphatic rings. The highest BCUT2D eigenvalue weighted by Crippen LogP contribution is 2.49. The van der Waals surface area contributed by atoms with Gasteiger partial charge in [0.1, 0.15) is 5.75 Å². The van der Waals surface area contributed by atoms with E-state index >= 15 is 0 Å². The van der Waals surface area contributed by atoms with E-state index in [-0.39, 0.29) is 0 Å². The van der Waals surface area contributed by atoms with E-state index in [1.165, 1.54) is 0 Å². The van der Waals surface area contributed by atoms with Crippen molar-refractivity contribution in [1.82, 2.24) is 0 Å². The molecule has 4 heteroatoms. The standard InChI is InChI=1S/C12H10NOPS/c13-15(16)12-8-4-2-6-10(12)9-5-1-3-7-11(9)14-15/h1-8H,(H2,13,16). The number of para-hydroxylation sites is 1. The minimum atomic E-state index is -2.38. The van der Waals surface area contributed by atoms with Crippen LogP contribution in [0.3, 0.4) is 0 Å². The van der Waals surface area contributed by atoms with Gasteiger partial charge in [0.05, 0.1) is 0 Å². The van der Waals surface area contributed by atoms with Gasteiger partial charge in [-0.2, -0.15) is 0 Å². The first-order valence-corrected chi connectivity index (χ1v) is 7.75. The summed E-state index contributed by atoms with van der Waals surface area (Å²) >= 11 is 5.39. The fourth-order valence-electron chi connectivity index (χ4n) is 1.94. The first-order valence-electron chi connectivity index (χ1n) is 4.96. The lowest BCUT2D eigenvalue weighted by molar-refractivity contribution is 0.619. The number of rotatable bonds is 0. The van der Waals surface area contributed by atoms with Crippen LogP contribution in [-0.4, -0.2) is 0 Å². The molecule has 2 aromatic rings. The summed E-state index contributed by atoms with van der Waals surface area (Å²) < 4.78 is 5.75. The van der Waals surface area contributed by atoms with Gasteiger partial charge in [0.15, 0.2) is 0 Å². The Labute approximate surface area is 99.2 Å². The molecule has 2 N–H and O–H groups in total. The monoisotopic (exact) mass is 247 g/mol. The van der Waals surface area contributed by atoms with E-state index < -0.39 is 6.42 Å². The predicted octanol–water partition coefficient (Wildman–Crippen LogP) is 2.64. The minimum absolute atomic E-state index is 0.798. The van der Waals surface area contributed by atoms with Crippen LogP contribution >= 0.6 is 6.42 Å². The molecule has 1 aliphatic heterocycles. The molecule has 0 bridgehead atoms. The Morgan fingerprint density at radius 1 is 0.938 bits per heavy atom. The molecule has 1 unspecified atom stereocenters. The maximum absolute atomic E-state index is 6.11. The summed E-state index contributed by atoms with van der Waals surface area (Å²) in [6.45, 7) is 0. The highest BCUT2D eigenvalue weighted by atomic mass is 32.4. The van der Waals surface area contributed by atoms with E-state index in [0.717, 1.165) is 22.2 Å². The zero-order valence-electron chi connectivity index (χ0n) is 8.46. The minimum Gasteiger partial charge on any atom is -0.449 e. The third-order valence-corrected chi connectivity index (χ3v) is 4.99. The molecule has 0 aliphatic carbocycles. The van der Waals surface area contributed by atoms with Gasteiger partial charge < -0.3 is 4.52 Å². The topological polar surface area (TPSA) is 35.2 Å². The lowest BCUT2D eigenvalue weighted by atomic mass is 10.0. The van der Waals surface area contributed by atoms with Crippen molar-refractivity contribution in [3.63, 3.8) is 0 Å². The highest BCUT2D eigenvalue weighted by Gasteiger charge is 2.27. The number of fused-ring (bicyclic) bond motifs is 3. The van der Waals surface area contributed by atoms with Crippen molar-refractivity contribution in [2.24, 2.45) is 5.50 Å². The van der Waals surface area contributed by atoms with Gasteiger partial charge in [-0.15, -0.1) is 0 Å². The van der Waals surface area contributed by atoms with Crippen LogP contribution in [0.4, 0.5) is 0 Å². The van der Waals surface area contributed by atoms with Crippen molar-refractivity contribution in [2.45, 2.75) is 0 Å². The first kappa shape index (κ1) is 10.0. The van der Waals surface area contributed by atoms with E-state index in [0.29, 0.717) is 0 Å². The molecule has 2 aromatic carbocycles. The Kier molecular flexibility index (Phi) is 2.15. The lowest BCUT2D eigenvalue weighted by Crippen LogP contribution is -2.22. The van der Waals surface area contributed by atoms with Crippen LogP contribution in [0, 0.1) is 0 Å². The Morgan fingerprint density at radius 3 is 2.38 bits per heavy atom. The molecular formula is C12H10NOPS.